The van der Waals surface area contributed by atoms with E-state index in [0.29, 0.717) is 24.2 Å². The Morgan fingerprint density at radius 3 is 2.24 bits per heavy atom. The van der Waals surface area contributed by atoms with E-state index in [0.717, 1.165) is 11.1 Å². The summed E-state index contributed by atoms with van der Waals surface area (Å²) in [7, 11) is -6.88. The summed E-state index contributed by atoms with van der Waals surface area (Å²) in [5, 5.41) is 4.45. The van der Waals surface area contributed by atoms with Gasteiger partial charge < -0.3 is 0 Å². The second-order valence-electron chi connectivity index (χ2n) is 6.85. The van der Waals surface area contributed by atoms with Gasteiger partial charge in [0, 0.05) is 12.1 Å². The van der Waals surface area contributed by atoms with Gasteiger partial charge in [0.15, 0.2) is 0 Å². The molecule has 9 heteroatoms. The van der Waals surface area contributed by atoms with Crippen LogP contribution in [0.3, 0.4) is 0 Å². The molecule has 0 aliphatic carbocycles. The largest absolute Gasteiger partial charge is 0.284 e. The number of hydrazone groups is 1. The highest BCUT2D eigenvalue weighted by atomic mass is 32.2. The van der Waals surface area contributed by atoms with Crippen molar-refractivity contribution in [1.82, 2.24) is 4.41 Å². The molecule has 3 rings (SSSR count). The molecule has 0 bridgehead atoms. The van der Waals surface area contributed by atoms with Crippen LogP contribution < -0.4 is 4.72 Å². The Morgan fingerprint density at radius 2 is 1.66 bits per heavy atom. The third-order valence-corrected chi connectivity index (χ3v) is 7.81. The van der Waals surface area contributed by atoms with Crippen LogP contribution in [0.25, 0.3) is 0 Å². The molecule has 7 nitrogen and oxygen atoms in total. The number of anilines is 1. The fraction of sp³-hybridized carbons (Fsp3) is 0.350. The standard InChI is InChI=1S/C20H25N3O4S2/c1-3-14-29(26,27)23-20(17-8-6-5-7-9-17)15-19(21-23)16-10-12-18(13-11-16)22-28(24,25)4-2/h5-13,20,22H,3-4,14-15H2,1-2H3. The number of sulfonamides is 2. The summed E-state index contributed by atoms with van der Waals surface area (Å²) in [6, 6.07) is 15.9. The molecule has 1 atom stereocenters. The lowest BCUT2D eigenvalue weighted by Gasteiger charge is -2.23. The summed E-state index contributed by atoms with van der Waals surface area (Å²) in [4.78, 5) is 0. The van der Waals surface area contributed by atoms with Gasteiger partial charge in [-0.15, -0.1) is 0 Å². The fourth-order valence-corrected chi connectivity index (χ4v) is 5.33. The highest BCUT2D eigenvalue weighted by Crippen LogP contribution is 2.35. The minimum absolute atomic E-state index is 0.00946. The number of rotatable bonds is 8. The van der Waals surface area contributed by atoms with Crippen molar-refractivity contribution in [3.05, 3.63) is 65.7 Å². The predicted octanol–water partition coefficient (Wildman–Crippen LogP) is 3.34. The van der Waals surface area contributed by atoms with Crippen LogP contribution in [0.15, 0.2) is 59.7 Å². The first-order valence-electron chi connectivity index (χ1n) is 9.51. The summed E-state index contributed by atoms with van der Waals surface area (Å²) in [5.74, 6) is 0.0231. The zero-order valence-electron chi connectivity index (χ0n) is 16.4. The van der Waals surface area contributed by atoms with Crippen molar-refractivity contribution in [2.45, 2.75) is 32.7 Å². The van der Waals surface area contributed by atoms with E-state index in [4.69, 9.17) is 0 Å². The first-order chi connectivity index (χ1) is 13.8. The van der Waals surface area contributed by atoms with Crippen LogP contribution in [-0.4, -0.2) is 38.5 Å². The van der Waals surface area contributed by atoms with Gasteiger partial charge in [0.1, 0.15) is 0 Å². The summed E-state index contributed by atoms with van der Waals surface area (Å²) >= 11 is 0. The minimum Gasteiger partial charge on any atom is -0.284 e. The van der Waals surface area contributed by atoms with Gasteiger partial charge in [-0.05, 0) is 36.6 Å². The molecule has 0 spiro atoms. The molecule has 1 aliphatic heterocycles. The van der Waals surface area contributed by atoms with Crippen LogP contribution in [0, 0.1) is 0 Å². The zero-order valence-corrected chi connectivity index (χ0v) is 18.1. The summed E-state index contributed by atoms with van der Waals surface area (Å²) in [5.41, 5.74) is 2.77. The monoisotopic (exact) mass is 435 g/mol. The van der Waals surface area contributed by atoms with E-state index >= 15 is 0 Å². The zero-order chi connectivity index (χ0) is 21.1. The Hall–Kier alpha value is -2.39. The van der Waals surface area contributed by atoms with Gasteiger partial charge in [-0.25, -0.2) is 16.8 Å². The molecule has 0 saturated heterocycles. The molecule has 0 fully saturated rings. The Kier molecular flexibility index (Phi) is 6.28. The average Bonchev–Trinajstić information content (AvgIpc) is 3.15. The lowest BCUT2D eigenvalue weighted by atomic mass is 9.99. The van der Waals surface area contributed by atoms with E-state index in [1.807, 2.05) is 37.3 Å². The van der Waals surface area contributed by atoms with Crippen molar-refractivity contribution in [3.8, 4) is 0 Å². The molecule has 2 aromatic rings. The summed E-state index contributed by atoms with van der Waals surface area (Å²) in [6.45, 7) is 3.39. The van der Waals surface area contributed by atoms with Crippen LogP contribution in [0.4, 0.5) is 5.69 Å². The molecule has 1 aliphatic rings. The normalized spacial score (nSPS) is 17.2. The van der Waals surface area contributed by atoms with Crippen molar-refractivity contribution in [3.63, 3.8) is 0 Å². The first-order valence-corrected chi connectivity index (χ1v) is 12.8. The number of benzene rings is 2. The number of nitrogens with one attached hydrogen (secondary N) is 1. The maximum atomic E-state index is 12.8. The summed E-state index contributed by atoms with van der Waals surface area (Å²) in [6.07, 6.45) is 0.963. The van der Waals surface area contributed by atoms with E-state index in [-0.39, 0.29) is 17.5 Å². The van der Waals surface area contributed by atoms with Crippen molar-refractivity contribution in [2.24, 2.45) is 5.10 Å². The third kappa shape index (κ3) is 4.97. The highest BCUT2D eigenvalue weighted by Gasteiger charge is 2.36. The molecule has 156 valence electrons. The Morgan fingerprint density at radius 1 is 1.00 bits per heavy atom. The topological polar surface area (TPSA) is 95.9 Å². The average molecular weight is 436 g/mol. The van der Waals surface area contributed by atoms with Crippen molar-refractivity contribution in [1.29, 1.82) is 0 Å². The number of hydrogen-bond donors (Lipinski definition) is 1. The second-order valence-corrected chi connectivity index (χ2v) is 10.8. The van der Waals surface area contributed by atoms with Crippen LogP contribution in [-0.2, 0) is 20.0 Å². The Balaban J connectivity index is 1.91. The van der Waals surface area contributed by atoms with Gasteiger partial charge in [-0.2, -0.15) is 9.52 Å². The molecule has 1 unspecified atom stereocenters. The second kappa shape index (κ2) is 8.54. The number of hydrogen-bond acceptors (Lipinski definition) is 5. The maximum Gasteiger partial charge on any atom is 0.250 e. The maximum absolute atomic E-state index is 12.8. The molecule has 1 heterocycles. The van der Waals surface area contributed by atoms with Crippen LogP contribution in [0.2, 0.25) is 0 Å². The summed E-state index contributed by atoms with van der Waals surface area (Å²) < 4.78 is 52.7. The van der Waals surface area contributed by atoms with E-state index in [1.54, 1.807) is 31.2 Å². The quantitative estimate of drug-likeness (QED) is 0.688. The molecule has 2 aromatic carbocycles. The van der Waals surface area contributed by atoms with Gasteiger partial charge in [-0.3, -0.25) is 4.72 Å². The molecular weight excluding hydrogens is 410 g/mol. The Bertz CT molecular complexity index is 1080. The van der Waals surface area contributed by atoms with E-state index in [9.17, 15) is 16.8 Å². The molecule has 1 N–H and O–H groups in total. The van der Waals surface area contributed by atoms with Crippen LogP contribution in [0.5, 0.6) is 0 Å². The smallest absolute Gasteiger partial charge is 0.250 e. The molecule has 0 aromatic heterocycles. The van der Waals surface area contributed by atoms with Gasteiger partial charge in [0.2, 0.25) is 20.0 Å². The molecule has 0 saturated carbocycles. The van der Waals surface area contributed by atoms with Crippen LogP contribution in [0.1, 0.15) is 43.9 Å². The molecule has 29 heavy (non-hydrogen) atoms. The van der Waals surface area contributed by atoms with Gasteiger partial charge >= 0.3 is 0 Å². The van der Waals surface area contributed by atoms with E-state index in [2.05, 4.69) is 9.82 Å². The SMILES string of the molecule is CCCS(=O)(=O)N1N=C(c2ccc(NS(=O)(=O)CC)cc2)CC1c1ccccc1. The van der Waals surface area contributed by atoms with Gasteiger partial charge in [-0.1, -0.05) is 49.4 Å². The van der Waals surface area contributed by atoms with Gasteiger partial charge in [0.25, 0.3) is 0 Å². The molecule has 0 amide bonds. The van der Waals surface area contributed by atoms with E-state index < -0.39 is 20.0 Å². The van der Waals surface area contributed by atoms with Crippen molar-refractivity contribution in [2.75, 3.05) is 16.2 Å². The highest BCUT2D eigenvalue weighted by molar-refractivity contribution is 7.92. The first kappa shape index (κ1) is 21.3. The predicted molar refractivity (Wildman–Crippen MR) is 116 cm³/mol. The lowest BCUT2D eigenvalue weighted by molar-refractivity contribution is 0.371. The van der Waals surface area contributed by atoms with Gasteiger partial charge in [0.05, 0.1) is 23.3 Å². The van der Waals surface area contributed by atoms with Crippen molar-refractivity contribution >= 4 is 31.4 Å². The lowest BCUT2D eigenvalue weighted by Crippen LogP contribution is -2.29. The molecular formula is C20H25N3O4S2. The van der Waals surface area contributed by atoms with Crippen molar-refractivity contribution < 1.29 is 16.8 Å². The molecule has 0 radical (unpaired) electrons. The number of nitrogens with zero attached hydrogens (tertiary/aromatic N) is 2. The third-order valence-electron chi connectivity index (χ3n) is 4.68. The Labute approximate surface area is 172 Å². The minimum atomic E-state index is -3.53. The van der Waals surface area contributed by atoms with Crippen LogP contribution >= 0.6 is 0 Å². The van der Waals surface area contributed by atoms with E-state index in [1.165, 1.54) is 4.41 Å². The fourth-order valence-electron chi connectivity index (χ4n) is 3.18.